The molecule has 0 saturated heterocycles. The van der Waals surface area contributed by atoms with Gasteiger partial charge in [-0.2, -0.15) is 0 Å². The van der Waals surface area contributed by atoms with Crippen molar-refractivity contribution < 1.29 is 19.4 Å². The predicted molar refractivity (Wildman–Crippen MR) is 61.1 cm³/mol. The molecular formula is C12H16FNO3. The molecule has 0 heterocycles. The Hall–Kier alpha value is -1.46. The molecule has 0 aromatic heterocycles. The lowest BCUT2D eigenvalue weighted by Crippen LogP contribution is -2.38. The molecule has 1 atom stereocenters. The van der Waals surface area contributed by atoms with Crippen molar-refractivity contribution in [2.24, 2.45) is 0 Å². The predicted octanol–water partition coefficient (Wildman–Crippen LogP) is 0.641. The Morgan fingerprint density at radius 3 is 2.65 bits per heavy atom. The monoisotopic (exact) mass is 241 g/mol. The summed E-state index contributed by atoms with van der Waals surface area (Å²) in [6, 6.07) is 5.64. The van der Waals surface area contributed by atoms with Crippen LogP contribution in [0.3, 0.4) is 0 Å². The fraction of sp³-hybridized carbons (Fsp3) is 0.417. The van der Waals surface area contributed by atoms with Crippen LogP contribution in [0.2, 0.25) is 0 Å². The average molecular weight is 241 g/mol. The van der Waals surface area contributed by atoms with Crippen LogP contribution < -0.4 is 0 Å². The van der Waals surface area contributed by atoms with E-state index >= 15 is 0 Å². The summed E-state index contributed by atoms with van der Waals surface area (Å²) in [7, 11) is 0. The van der Waals surface area contributed by atoms with E-state index in [4.69, 9.17) is 5.11 Å². The molecule has 0 spiro atoms. The van der Waals surface area contributed by atoms with Gasteiger partial charge in [-0.05, 0) is 19.1 Å². The Kier molecular flexibility index (Phi) is 5.06. The molecule has 17 heavy (non-hydrogen) atoms. The molecule has 1 rings (SSSR count). The van der Waals surface area contributed by atoms with Gasteiger partial charge in [-0.3, -0.25) is 4.79 Å². The van der Waals surface area contributed by atoms with Crippen LogP contribution in [0, 0.1) is 5.82 Å². The number of hydrogen-bond donors (Lipinski definition) is 2. The Balaban J connectivity index is 2.88. The third-order valence-corrected chi connectivity index (χ3v) is 2.25. The van der Waals surface area contributed by atoms with Crippen molar-refractivity contribution >= 4 is 5.91 Å². The average Bonchev–Trinajstić information content (AvgIpc) is 2.28. The van der Waals surface area contributed by atoms with Gasteiger partial charge in [0.15, 0.2) is 0 Å². The van der Waals surface area contributed by atoms with Crippen molar-refractivity contribution in [3.63, 3.8) is 0 Å². The lowest BCUT2D eigenvalue weighted by atomic mass is 10.1. The number of halogens is 1. The van der Waals surface area contributed by atoms with Gasteiger partial charge in [-0.1, -0.05) is 12.1 Å². The van der Waals surface area contributed by atoms with Crippen molar-refractivity contribution in [2.75, 3.05) is 19.7 Å². The molecule has 0 aliphatic carbocycles. The molecule has 0 bridgehead atoms. The van der Waals surface area contributed by atoms with E-state index in [1.165, 1.54) is 30.0 Å². The topological polar surface area (TPSA) is 60.8 Å². The van der Waals surface area contributed by atoms with E-state index in [9.17, 15) is 14.3 Å². The number of nitrogens with zero attached hydrogens (tertiary/aromatic N) is 1. The van der Waals surface area contributed by atoms with E-state index in [0.29, 0.717) is 0 Å². The maximum Gasteiger partial charge on any atom is 0.256 e. The van der Waals surface area contributed by atoms with Gasteiger partial charge < -0.3 is 15.1 Å². The summed E-state index contributed by atoms with van der Waals surface area (Å²) in [6.07, 6.45) is -0.725. The summed E-state index contributed by atoms with van der Waals surface area (Å²) < 4.78 is 13.4. The van der Waals surface area contributed by atoms with Crippen molar-refractivity contribution in [3.05, 3.63) is 35.6 Å². The second-order valence-electron chi connectivity index (χ2n) is 3.80. The molecule has 0 aliphatic heterocycles. The van der Waals surface area contributed by atoms with E-state index in [-0.39, 0.29) is 25.3 Å². The highest BCUT2D eigenvalue weighted by molar-refractivity contribution is 5.94. The first-order valence-electron chi connectivity index (χ1n) is 5.39. The van der Waals surface area contributed by atoms with Crippen molar-refractivity contribution in [1.29, 1.82) is 0 Å². The van der Waals surface area contributed by atoms with Crippen molar-refractivity contribution in [1.82, 2.24) is 4.90 Å². The second kappa shape index (κ2) is 6.32. The Morgan fingerprint density at radius 1 is 1.47 bits per heavy atom. The number of benzene rings is 1. The van der Waals surface area contributed by atoms with Gasteiger partial charge in [0.05, 0.1) is 18.3 Å². The fourth-order valence-electron chi connectivity index (χ4n) is 1.52. The first kappa shape index (κ1) is 13.6. The number of carbonyl (C=O) groups is 1. The number of amides is 1. The normalized spacial score (nSPS) is 12.2. The van der Waals surface area contributed by atoms with Crippen LogP contribution in [0.1, 0.15) is 17.3 Å². The maximum atomic E-state index is 13.4. The van der Waals surface area contributed by atoms with E-state index in [1.54, 1.807) is 6.07 Å². The molecule has 5 heteroatoms. The van der Waals surface area contributed by atoms with Gasteiger partial charge in [0.1, 0.15) is 5.82 Å². The first-order chi connectivity index (χ1) is 8.06. The number of carbonyl (C=O) groups excluding carboxylic acids is 1. The first-order valence-corrected chi connectivity index (χ1v) is 5.39. The molecule has 1 unspecified atom stereocenters. The van der Waals surface area contributed by atoms with Gasteiger partial charge >= 0.3 is 0 Å². The number of aliphatic hydroxyl groups excluding tert-OH is 2. The van der Waals surface area contributed by atoms with Crippen molar-refractivity contribution in [3.8, 4) is 0 Å². The zero-order valence-corrected chi connectivity index (χ0v) is 9.64. The highest BCUT2D eigenvalue weighted by Gasteiger charge is 2.19. The fourth-order valence-corrected chi connectivity index (χ4v) is 1.52. The molecule has 4 nitrogen and oxygen atoms in total. The van der Waals surface area contributed by atoms with Crippen LogP contribution in [0.5, 0.6) is 0 Å². The summed E-state index contributed by atoms with van der Waals surface area (Å²) in [4.78, 5) is 13.2. The summed E-state index contributed by atoms with van der Waals surface area (Å²) in [5, 5.41) is 18.1. The lowest BCUT2D eigenvalue weighted by molar-refractivity contribution is 0.0600. The molecule has 1 amide bonds. The highest BCUT2D eigenvalue weighted by Crippen LogP contribution is 2.10. The van der Waals surface area contributed by atoms with Crippen molar-refractivity contribution in [2.45, 2.75) is 13.0 Å². The van der Waals surface area contributed by atoms with Gasteiger partial charge in [0.25, 0.3) is 5.91 Å². The minimum atomic E-state index is -0.725. The molecule has 2 N–H and O–H groups in total. The highest BCUT2D eigenvalue weighted by atomic mass is 19.1. The SMILES string of the molecule is CC(O)CN(CCO)C(=O)c1ccccc1F. The quantitative estimate of drug-likeness (QED) is 0.795. The summed E-state index contributed by atoms with van der Waals surface area (Å²) in [5.41, 5.74) is -0.0541. The Morgan fingerprint density at radius 2 is 2.12 bits per heavy atom. The van der Waals surface area contributed by atoms with Crippen LogP contribution >= 0.6 is 0 Å². The summed E-state index contributed by atoms with van der Waals surface area (Å²) >= 11 is 0. The van der Waals surface area contributed by atoms with Crippen LogP contribution in [-0.4, -0.2) is 46.8 Å². The second-order valence-corrected chi connectivity index (χ2v) is 3.80. The molecule has 0 aliphatic rings. The van der Waals surface area contributed by atoms with Gasteiger partial charge in [-0.15, -0.1) is 0 Å². The summed E-state index contributed by atoms with van der Waals surface area (Å²) in [6.45, 7) is 1.43. The molecule has 0 radical (unpaired) electrons. The third-order valence-electron chi connectivity index (χ3n) is 2.25. The van der Waals surface area contributed by atoms with E-state index in [0.717, 1.165) is 0 Å². The van der Waals surface area contributed by atoms with Crippen LogP contribution in [-0.2, 0) is 0 Å². The van der Waals surface area contributed by atoms with Crippen LogP contribution in [0.25, 0.3) is 0 Å². The van der Waals surface area contributed by atoms with Crippen LogP contribution in [0.4, 0.5) is 4.39 Å². The molecule has 94 valence electrons. The van der Waals surface area contributed by atoms with E-state index in [1.807, 2.05) is 0 Å². The molecule has 0 fully saturated rings. The minimum Gasteiger partial charge on any atom is -0.395 e. The largest absolute Gasteiger partial charge is 0.395 e. The van der Waals surface area contributed by atoms with Gasteiger partial charge in [0, 0.05) is 13.1 Å². The summed E-state index contributed by atoms with van der Waals surface area (Å²) in [5.74, 6) is -1.14. The number of hydrogen-bond acceptors (Lipinski definition) is 3. The standard InChI is InChI=1S/C12H16FNO3/c1-9(16)8-14(6-7-15)12(17)10-4-2-3-5-11(10)13/h2-5,9,15-16H,6-8H2,1H3. The molecule has 1 aromatic rings. The van der Waals surface area contributed by atoms with E-state index < -0.39 is 17.8 Å². The van der Waals surface area contributed by atoms with Gasteiger partial charge in [0.2, 0.25) is 0 Å². The zero-order valence-electron chi connectivity index (χ0n) is 9.64. The third kappa shape index (κ3) is 3.80. The van der Waals surface area contributed by atoms with Crippen LogP contribution in [0.15, 0.2) is 24.3 Å². The lowest BCUT2D eigenvalue weighted by Gasteiger charge is -2.23. The molecule has 0 saturated carbocycles. The molecule has 1 aromatic carbocycles. The number of aliphatic hydroxyl groups is 2. The maximum absolute atomic E-state index is 13.4. The smallest absolute Gasteiger partial charge is 0.256 e. The zero-order chi connectivity index (χ0) is 12.8. The Labute approximate surface area is 99.3 Å². The van der Waals surface area contributed by atoms with E-state index in [2.05, 4.69) is 0 Å². The number of rotatable bonds is 5. The van der Waals surface area contributed by atoms with Gasteiger partial charge in [-0.25, -0.2) is 4.39 Å². The minimum absolute atomic E-state index is 0.0541. The Bertz CT molecular complexity index is 382. The molecular weight excluding hydrogens is 225 g/mol.